The predicted molar refractivity (Wildman–Crippen MR) is 197 cm³/mol. The van der Waals surface area contributed by atoms with E-state index in [9.17, 15) is 22.8 Å². The maximum absolute atomic E-state index is 14.4. The van der Waals surface area contributed by atoms with E-state index in [2.05, 4.69) is 66.9 Å². The van der Waals surface area contributed by atoms with Crippen molar-refractivity contribution in [2.24, 2.45) is 28.3 Å². The maximum Gasteiger partial charge on any atom is 0.259 e. The summed E-state index contributed by atoms with van der Waals surface area (Å²) in [6.45, 7) is 11.1. The SMILES string of the molecule is C=C[C@H]1C[C@]1(NC(=O)[C@@H]1C[C@@H]2C[C@@H]1C(=O)N(CC)CC(C)(C)CCC/C=C/c1ccc3c(c1)/C(=N\O2)c1ccccc1-3)C(=O)NS(=O)(=O)C1CC1. The molecule has 4 aliphatic carbocycles. The number of hydrogen-bond acceptors (Lipinski definition) is 7. The van der Waals surface area contributed by atoms with Gasteiger partial charge in [-0.25, -0.2) is 8.42 Å². The zero-order chi connectivity index (χ0) is 36.1. The molecule has 2 aromatic rings. The molecule has 0 spiro atoms. The summed E-state index contributed by atoms with van der Waals surface area (Å²) in [6.07, 6.45) is 9.91. The van der Waals surface area contributed by atoms with Crippen molar-refractivity contribution in [3.05, 3.63) is 77.9 Å². The van der Waals surface area contributed by atoms with E-state index in [-0.39, 0.29) is 30.6 Å². The Labute approximate surface area is 300 Å². The number of sulfonamides is 1. The van der Waals surface area contributed by atoms with Crippen molar-refractivity contribution in [1.82, 2.24) is 14.9 Å². The smallest absolute Gasteiger partial charge is 0.259 e. The van der Waals surface area contributed by atoms with Gasteiger partial charge in [0.15, 0.2) is 0 Å². The summed E-state index contributed by atoms with van der Waals surface area (Å²) in [7, 11) is -3.83. The summed E-state index contributed by atoms with van der Waals surface area (Å²) in [5, 5.41) is 7.05. The van der Waals surface area contributed by atoms with Gasteiger partial charge in [0, 0.05) is 30.1 Å². The van der Waals surface area contributed by atoms with Crippen LogP contribution in [0.15, 0.2) is 66.4 Å². The minimum Gasteiger partial charge on any atom is -0.392 e. The molecule has 2 N–H and O–H groups in total. The van der Waals surface area contributed by atoms with Crippen LogP contribution in [-0.4, -0.2) is 66.7 Å². The van der Waals surface area contributed by atoms with Crippen LogP contribution in [0, 0.1) is 23.2 Å². The van der Waals surface area contributed by atoms with Crippen molar-refractivity contribution in [2.75, 3.05) is 13.1 Å². The average Bonchev–Trinajstić information content (AvgIpc) is 4.01. The summed E-state index contributed by atoms with van der Waals surface area (Å²) in [6, 6.07) is 14.5. The molecule has 270 valence electrons. The standard InChI is InChI=1S/C40H48N4O6S/c1-5-26-23-40(26,38(47)43-51(48,49)28-16-17-28)41-36(45)33-21-27-22-34(33)37(46)44(6-2)24-39(3,4)19-11-7-8-12-25-15-18-30-29-13-9-10-14-31(29)35(42-50-27)32(30)20-25/h5,8-10,12-15,18,20,26-28,33-34H,1,6-7,11,16-17,19,21-24H2,2-4H3,(H,41,45)(H,43,47)/b12-8+,42-35-/t26-,27+,33+,34-,40+/m0/s1. The van der Waals surface area contributed by atoms with E-state index < -0.39 is 56.5 Å². The first-order chi connectivity index (χ1) is 24.4. The topological polar surface area (TPSA) is 134 Å². The highest BCUT2D eigenvalue weighted by Gasteiger charge is 2.62. The lowest BCUT2D eigenvalue weighted by atomic mass is 9.85. The number of oxime groups is 1. The second-order valence-corrected chi connectivity index (χ2v) is 17.7. The third-order valence-corrected chi connectivity index (χ3v) is 13.2. The molecule has 0 radical (unpaired) electrons. The molecule has 11 heteroatoms. The molecule has 1 aliphatic heterocycles. The van der Waals surface area contributed by atoms with Crippen LogP contribution in [0.3, 0.4) is 0 Å². The number of nitrogens with zero attached hydrogens (tertiary/aromatic N) is 2. The minimum absolute atomic E-state index is 0.127. The molecule has 3 fully saturated rings. The number of rotatable bonds is 7. The van der Waals surface area contributed by atoms with Gasteiger partial charge in [0.05, 0.1) is 17.1 Å². The van der Waals surface area contributed by atoms with Gasteiger partial charge in [-0.05, 0) is 86.5 Å². The molecule has 0 unspecified atom stereocenters. The number of amides is 3. The largest absolute Gasteiger partial charge is 0.392 e. The Morgan fingerprint density at radius 3 is 2.53 bits per heavy atom. The molecule has 5 atom stereocenters. The number of carbonyl (C=O) groups is 3. The van der Waals surface area contributed by atoms with Crippen molar-refractivity contribution < 1.29 is 27.6 Å². The van der Waals surface area contributed by atoms with Crippen molar-refractivity contribution in [2.45, 2.75) is 89.0 Å². The van der Waals surface area contributed by atoms with Crippen LogP contribution >= 0.6 is 0 Å². The van der Waals surface area contributed by atoms with Crippen LogP contribution in [0.5, 0.6) is 0 Å². The number of fused-ring (bicyclic) bond motifs is 6. The monoisotopic (exact) mass is 712 g/mol. The molecule has 1 heterocycles. The number of allylic oxidation sites excluding steroid dienone is 1. The van der Waals surface area contributed by atoms with Gasteiger partial charge in [-0.2, -0.15) is 0 Å². The highest BCUT2D eigenvalue weighted by molar-refractivity contribution is 7.91. The third-order valence-electron chi connectivity index (χ3n) is 11.3. The van der Waals surface area contributed by atoms with Crippen LogP contribution in [0.25, 0.3) is 17.2 Å². The Kier molecular flexibility index (Phi) is 9.23. The Hall–Kier alpha value is -4.25. The fourth-order valence-electron chi connectivity index (χ4n) is 8.15. The third kappa shape index (κ3) is 6.89. The van der Waals surface area contributed by atoms with Crippen LogP contribution in [0.2, 0.25) is 0 Å². The van der Waals surface area contributed by atoms with E-state index >= 15 is 0 Å². The summed E-state index contributed by atoms with van der Waals surface area (Å²) < 4.78 is 27.6. The van der Waals surface area contributed by atoms with Crippen LogP contribution in [0.1, 0.15) is 88.8 Å². The van der Waals surface area contributed by atoms with Crippen molar-refractivity contribution in [3.8, 4) is 11.1 Å². The first-order valence-electron chi connectivity index (χ1n) is 18.3. The van der Waals surface area contributed by atoms with Gasteiger partial charge in [0.2, 0.25) is 21.8 Å². The zero-order valence-electron chi connectivity index (χ0n) is 29.7. The fourth-order valence-corrected chi connectivity index (χ4v) is 9.52. The molecule has 2 aromatic carbocycles. The quantitative estimate of drug-likeness (QED) is 0.308. The van der Waals surface area contributed by atoms with Gasteiger partial charge < -0.3 is 15.1 Å². The van der Waals surface area contributed by atoms with Gasteiger partial charge in [-0.15, -0.1) is 6.58 Å². The summed E-state index contributed by atoms with van der Waals surface area (Å²) in [5.74, 6) is -3.30. The first-order valence-corrected chi connectivity index (χ1v) is 19.8. The summed E-state index contributed by atoms with van der Waals surface area (Å²) in [5.41, 5.74) is 4.27. The predicted octanol–water partition coefficient (Wildman–Crippen LogP) is 5.57. The van der Waals surface area contributed by atoms with E-state index in [0.29, 0.717) is 31.6 Å². The van der Waals surface area contributed by atoms with E-state index in [1.807, 2.05) is 30.0 Å². The molecule has 10 nitrogen and oxygen atoms in total. The fraction of sp³-hybridized carbons (Fsp3) is 0.500. The summed E-state index contributed by atoms with van der Waals surface area (Å²) in [4.78, 5) is 50.3. The van der Waals surface area contributed by atoms with Crippen LogP contribution < -0.4 is 10.0 Å². The minimum atomic E-state index is -3.83. The second-order valence-electron chi connectivity index (χ2n) is 15.7. The molecule has 3 saturated carbocycles. The molecule has 4 bridgehead atoms. The molecule has 7 rings (SSSR count). The highest BCUT2D eigenvalue weighted by atomic mass is 32.2. The normalized spacial score (nSPS) is 30.1. The van der Waals surface area contributed by atoms with Crippen LogP contribution in [-0.2, 0) is 29.2 Å². The van der Waals surface area contributed by atoms with E-state index in [4.69, 9.17) is 9.99 Å². The molecule has 5 aliphatic rings. The Morgan fingerprint density at radius 2 is 1.82 bits per heavy atom. The van der Waals surface area contributed by atoms with E-state index in [1.165, 1.54) is 0 Å². The highest BCUT2D eigenvalue weighted by Crippen LogP contribution is 2.47. The number of nitrogens with one attached hydrogen (secondary N) is 2. The van der Waals surface area contributed by atoms with Gasteiger partial charge in [0.25, 0.3) is 5.91 Å². The van der Waals surface area contributed by atoms with Crippen molar-refractivity contribution in [1.29, 1.82) is 0 Å². The van der Waals surface area contributed by atoms with Crippen molar-refractivity contribution in [3.63, 3.8) is 0 Å². The second kappa shape index (κ2) is 13.4. The van der Waals surface area contributed by atoms with Gasteiger partial charge in [0.1, 0.15) is 17.4 Å². The van der Waals surface area contributed by atoms with E-state index in [1.54, 1.807) is 6.08 Å². The van der Waals surface area contributed by atoms with Crippen LogP contribution in [0.4, 0.5) is 0 Å². The number of hydrogen-bond donors (Lipinski definition) is 2. The summed E-state index contributed by atoms with van der Waals surface area (Å²) >= 11 is 0. The van der Waals surface area contributed by atoms with Gasteiger partial charge in [-0.1, -0.05) is 73.6 Å². The molecular weight excluding hydrogens is 665 g/mol. The first kappa shape index (κ1) is 35.2. The van der Waals surface area contributed by atoms with Gasteiger partial charge in [-0.3, -0.25) is 19.1 Å². The lowest BCUT2D eigenvalue weighted by Gasteiger charge is -2.34. The number of benzene rings is 2. The average molecular weight is 713 g/mol. The van der Waals surface area contributed by atoms with Gasteiger partial charge >= 0.3 is 0 Å². The lowest BCUT2D eigenvalue weighted by molar-refractivity contribution is -0.142. The Balaban J connectivity index is 1.21. The molecule has 0 saturated heterocycles. The Bertz CT molecular complexity index is 1930. The molecule has 0 aromatic heterocycles. The molecule has 51 heavy (non-hydrogen) atoms. The molecule has 3 amide bonds. The number of carbonyl (C=O) groups excluding carboxylic acids is 3. The van der Waals surface area contributed by atoms with E-state index in [0.717, 1.165) is 47.1 Å². The lowest BCUT2D eigenvalue weighted by Crippen LogP contribution is -2.54. The Morgan fingerprint density at radius 1 is 1.08 bits per heavy atom. The van der Waals surface area contributed by atoms with Crippen molar-refractivity contribution >= 4 is 39.5 Å². The molecular formula is C40H48N4O6S. The zero-order valence-corrected chi connectivity index (χ0v) is 30.5. The maximum atomic E-state index is 14.4.